The Morgan fingerprint density at radius 1 is 1.33 bits per heavy atom. The summed E-state index contributed by atoms with van der Waals surface area (Å²) >= 11 is 0. The normalized spacial score (nSPS) is 34.5. The van der Waals surface area contributed by atoms with Gasteiger partial charge in [-0.15, -0.1) is 11.8 Å². The maximum atomic E-state index is 11.2. The average Bonchev–Trinajstić information content (AvgIpc) is 2.87. The largest absolute Gasteiger partial charge is 0.372 e. The summed E-state index contributed by atoms with van der Waals surface area (Å²) in [5.41, 5.74) is 5.79. The second kappa shape index (κ2) is 4.04. The Morgan fingerprint density at radius 3 is 2.33 bits per heavy atom. The van der Waals surface area contributed by atoms with Gasteiger partial charge in [-0.25, -0.2) is 0 Å². The number of carbonyl (C=O) groups excluding carboxylic acids is 1. The first-order valence-electron chi connectivity index (χ1n) is 5.38. The number of carbonyl (C=O) groups is 1. The van der Waals surface area contributed by atoms with E-state index in [9.17, 15) is 4.79 Å². The molecule has 3 heteroatoms. The number of amides is 1. The highest BCUT2D eigenvalue weighted by molar-refractivity contribution is 5.91. The van der Waals surface area contributed by atoms with E-state index < -0.39 is 11.9 Å². The first-order chi connectivity index (χ1) is 7.25. The van der Waals surface area contributed by atoms with Crippen LogP contribution in [0.15, 0.2) is 0 Å². The van der Waals surface area contributed by atoms with Gasteiger partial charge in [0.2, 0.25) is 0 Å². The van der Waals surface area contributed by atoms with E-state index in [1.54, 1.807) is 0 Å². The molecular weight excluding hydrogens is 188 g/mol. The van der Waals surface area contributed by atoms with E-state index in [-0.39, 0.29) is 5.92 Å². The monoisotopic (exact) mass is 202 g/mol. The van der Waals surface area contributed by atoms with Crippen LogP contribution >= 0.6 is 0 Å². The fourth-order valence-corrected chi connectivity index (χ4v) is 2.71. The average molecular weight is 202 g/mol. The molecule has 0 aromatic heterocycles. The summed E-state index contributed by atoms with van der Waals surface area (Å²) in [6, 6.07) is -0.560. The van der Waals surface area contributed by atoms with Crippen molar-refractivity contribution in [2.45, 2.75) is 31.7 Å². The molecule has 4 atom stereocenters. The molecule has 3 nitrogen and oxygen atoms in total. The highest BCUT2D eigenvalue weighted by atomic mass is 16.1. The fourth-order valence-electron chi connectivity index (χ4n) is 2.71. The summed E-state index contributed by atoms with van der Waals surface area (Å²) in [7, 11) is 0. The van der Waals surface area contributed by atoms with Crippen molar-refractivity contribution >= 4 is 5.91 Å². The molecule has 1 amide bonds. The summed E-state index contributed by atoms with van der Waals surface area (Å²) in [5, 5.41) is 0. The zero-order chi connectivity index (χ0) is 10.8. The summed E-state index contributed by atoms with van der Waals surface area (Å²) in [4.78, 5) is 14.1. The Balaban J connectivity index is 1.99. The van der Waals surface area contributed by atoms with Gasteiger partial charge in [0, 0.05) is 12.8 Å². The molecule has 0 bridgehead atoms. The first-order valence-corrected chi connectivity index (χ1v) is 5.38. The van der Waals surface area contributed by atoms with E-state index in [0.29, 0.717) is 11.8 Å². The molecule has 0 spiro atoms. The summed E-state index contributed by atoms with van der Waals surface area (Å²) in [6.45, 7) is 6.68. The minimum absolute atomic E-state index is 0.244. The van der Waals surface area contributed by atoms with Crippen molar-refractivity contribution < 1.29 is 4.79 Å². The first kappa shape index (κ1) is 10.2. The molecule has 2 aliphatic carbocycles. The lowest BCUT2D eigenvalue weighted by atomic mass is 10.1. The predicted molar refractivity (Wildman–Crippen MR) is 56.3 cm³/mol. The van der Waals surface area contributed by atoms with Crippen molar-refractivity contribution in [2.75, 3.05) is 0 Å². The summed E-state index contributed by atoms with van der Waals surface area (Å²) < 4.78 is 0. The second-order valence-corrected chi connectivity index (χ2v) is 4.31. The second-order valence-electron chi connectivity index (χ2n) is 4.31. The Bertz CT molecular complexity index is 353. The Kier molecular flexibility index (Phi) is 2.75. The Morgan fingerprint density at radius 2 is 1.87 bits per heavy atom. The van der Waals surface area contributed by atoms with E-state index in [4.69, 9.17) is 12.3 Å². The van der Waals surface area contributed by atoms with Gasteiger partial charge in [0.05, 0.1) is 12.6 Å². The van der Waals surface area contributed by atoms with Crippen LogP contribution in [0.5, 0.6) is 0 Å². The molecule has 0 radical (unpaired) electrons. The lowest BCUT2D eigenvalue weighted by Crippen LogP contribution is -2.31. The maximum absolute atomic E-state index is 11.2. The van der Waals surface area contributed by atoms with Gasteiger partial charge in [0.1, 0.15) is 0 Å². The molecule has 0 aromatic rings. The third-order valence-electron chi connectivity index (χ3n) is 3.54. The highest BCUT2D eigenvalue weighted by Crippen LogP contribution is 2.53. The van der Waals surface area contributed by atoms with Crippen LogP contribution in [0.4, 0.5) is 0 Å². The molecule has 0 heterocycles. The van der Waals surface area contributed by atoms with Crippen molar-refractivity contribution in [1.29, 1.82) is 0 Å². The Hall–Kier alpha value is -1.32. The van der Waals surface area contributed by atoms with Crippen molar-refractivity contribution in [3.8, 4) is 11.8 Å². The van der Waals surface area contributed by atoms with Gasteiger partial charge in [-0.1, -0.05) is 0 Å². The predicted octanol–water partition coefficient (Wildman–Crippen LogP) is 1.20. The van der Waals surface area contributed by atoms with Crippen molar-refractivity contribution in [3.63, 3.8) is 0 Å². The molecule has 78 valence electrons. The van der Waals surface area contributed by atoms with Crippen molar-refractivity contribution in [2.24, 2.45) is 23.5 Å². The van der Waals surface area contributed by atoms with E-state index >= 15 is 0 Å². The molecule has 2 N–H and O–H groups in total. The van der Waals surface area contributed by atoms with Gasteiger partial charge < -0.3 is 10.5 Å². The van der Waals surface area contributed by atoms with Crippen molar-refractivity contribution in [1.82, 2.24) is 0 Å². The standard InChI is InChI=1S/C12H14N2O/c1-14-12(15)11(13)10-8-6-4-2-3-5-7-9(8)10/h8-11H,4-7,13H2/t8-,9+,10?,11-/m0/s1. The topological polar surface area (TPSA) is 47.5 Å². The van der Waals surface area contributed by atoms with Crippen LogP contribution in [-0.2, 0) is 4.79 Å². The van der Waals surface area contributed by atoms with Crippen LogP contribution in [0.2, 0.25) is 0 Å². The van der Waals surface area contributed by atoms with Crippen molar-refractivity contribution in [3.05, 3.63) is 11.4 Å². The molecule has 0 aromatic carbocycles. The molecule has 1 unspecified atom stereocenters. The zero-order valence-electron chi connectivity index (χ0n) is 8.57. The SMILES string of the molecule is [C-]#[N+]C(=O)[C@@H](N)C1[C@H]2CCC#CCC[C@@H]12. The minimum Gasteiger partial charge on any atom is -0.330 e. The third-order valence-corrected chi connectivity index (χ3v) is 3.54. The van der Waals surface area contributed by atoms with E-state index in [0.717, 1.165) is 25.7 Å². The van der Waals surface area contributed by atoms with Crippen LogP contribution in [0.1, 0.15) is 25.7 Å². The lowest BCUT2D eigenvalue weighted by Gasteiger charge is -2.04. The zero-order valence-corrected chi connectivity index (χ0v) is 8.57. The highest BCUT2D eigenvalue weighted by Gasteiger charge is 2.53. The molecule has 1 saturated carbocycles. The number of hydrogen-bond acceptors (Lipinski definition) is 2. The molecule has 0 aliphatic heterocycles. The number of nitrogens with zero attached hydrogens (tertiary/aromatic N) is 1. The van der Waals surface area contributed by atoms with E-state index in [1.165, 1.54) is 0 Å². The quantitative estimate of drug-likeness (QED) is 0.540. The fraction of sp³-hybridized carbons (Fsp3) is 0.667. The third kappa shape index (κ3) is 1.89. The van der Waals surface area contributed by atoms with Crippen LogP contribution in [0, 0.1) is 36.2 Å². The lowest BCUT2D eigenvalue weighted by molar-refractivity contribution is -0.116. The van der Waals surface area contributed by atoms with Crippen LogP contribution in [0.3, 0.4) is 0 Å². The number of fused-ring (bicyclic) bond motifs is 1. The van der Waals surface area contributed by atoms with Crippen LogP contribution < -0.4 is 5.73 Å². The molecule has 0 saturated heterocycles. The van der Waals surface area contributed by atoms with Gasteiger partial charge in [-0.05, 0) is 30.6 Å². The number of nitrogens with two attached hydrogens (primary N) is 1. The van der Waals surface area contributed by atoms with E-state index in [1.807, 2.05) is 0 Å². The minimum atomic E-state index is -0.560. The van der Waals surface area contributed by atoms with E-state index in [2.05, 4.69) is 16.7 Å². The van der Waals surface area contributed by atoms with Gasteiger partial charge in [-0.3, -0.25) is 0 Å². The molecule has 2 aliphatic rings. The summed E-state index contributed by atoms with van der Waals surface area (Å²) in [5.74, 6) is 7.07. The van der Waals surface area contributed by atoms with Crippen LogP contribution in [-0.4, -0.2) is 11.9 Å². The number of rotatable bonds is 2. The molecule has 2 rings (SSSR count). The maximum Gasteiger partial charge on any atom is 0.372 e. The van der Waals surface area contributed by atoms with Crippen LogP contribution in [0.25, 0.3) is 4.85 Å². The number of hydrogen-bond donors (Lipinski definition) is 1. The Labute approximate surface area is 89.8 Å². The van der Waals surface area contributed by atoms with Gasteiger partial charge in [0.25, 0.3) is 0 Å². The summed E-state index contributed by atoms with van der Waals surface area (Å²) in [6.07, 6.45) is 3.91. The molecule has 15 heavy (non-hydrogen) atoms. The smallest absolute Gasteiger partial charge is 0.330 e. The molecule has 1 fully saturated rings. The van der Waals surface area contributed by atoms with Gasteiger partial charge in [-0.2, -0.15) is 4.85 Å². The molecular formula is C12H14N2O. The van der Waals surface area contributed by atoms with Gasteiger partial charge >= 0.3 is 5.91 Å². The van der Waals surface area contributed by atoms with Gasteiger partial charge in [0.15, 0.2) is 0 Å².